The van der Waals surface area contributed by atoms with Crippen molar-refractivity contribution < 1.29 is 23.0 Å². The van der Waals surface area contributed by atoms with Gasteiger partial charge in [0.15, 0.2) is 0 Å². The Bertz CT molecular complexity index is 892. The predicted octanol–water partition coefficient (Wildman–Crippen LogP) is 6.01. The van der Waals surface area contributed by atoms with Gasteiger partial charge in [-0.05, 0) is 72.4 Å². The number of ether oxygens (including phenoxy) is 1. The SMILES string of the molecule is CC(N)(CO)c1ccc2c(C(F)(F)F)c(O[C@H]3CC[C@H](C(C)(C)C)CC3)ccc2c1. The quantitative estimate of drug-likeness (QED) is 0.633. The summed E-state index contributed by atoms with van der Waals surface area (Å²) in [5.74, 6) is 0.450. The van der Waals surface area contributed by atoms with E-state index in [1.807, 2.05) is 0 Å². The van der Waals surface area contributed by atoms with Crippen LogP contribution in [0.3, 0.4) is 0 Å². The summed E-state index contributed by atoms with van der Waals surface area (Å²) in [5.41, 5.74) is 5.07. The number of halogens is 3. The second-order valence-electron chi connectivity index (χ2n) is 9.91. The van der Waals surface area contributed by atoms with Crippen molar-refractivity contribution in [1.82, 2.24) is 0 Å². The molecule has 2 aromatic rings. The zero-order valence-corrected chi connectivity index (χ0v) is 18.1. The number of hydrogen-bond acceptors (Lipinski definition) is 3. The van der Waals surface area contributed by atoms with Crippen molar-refractivity contribution in [1.29, 1.82) is 0 Å². The summed E-state index contributed by atoms with van der Waals surface area (Å²) in [5, 5.41) is 9.98. The molecule has 0 radical (unpaired) electrons. The van der Waals surface area contributed by atoms with E-state index in [-0.39, 0.29) is 29.3 Å². The highest BCUT2D eigenvalue weighted by Gasteiger charge is 2.38. The average molecular weight is 424 g/mol. The molecule has 1 aliphatic rings. The Morgan fingerprint density at radius 1 is 1.00 bits per heavy atom. The summed E-state index contributed by atoms with van der Waals surface area (Å²) in [4.78, 5) is 0. The van der Waals surface area contributed by atoms with Crippen LogP contribution < -0.4 is 10.5 Å². The fraction of sp³-hybridized carbons (Fsp3) is 0.583. The standard InChI is InChI=1S/C24H32F3NO2/c1-22(2,3)16-6-9-18(10-7-16)30-20-12-5-15-13-17(23(4,28)14-29)8-11-19(15)21(20)24(25,26)27/h5,8,11-13,16,18,29H,6-7,9-10,14,28H2,1-4H3/t16-,18-,23?. The molecule has 3 N–H and O–H groups in total. The number of benzene rings is 2. The molecule has 1 aliphatic carbocycles. The van der Waals surface area contributed by atoms with E-state index in [2.05, 4.69) is 20.8 Å². The minimum absolute atomic E-state index is 0.0841. The van der Waals surface area contributed by atoms with E-state index >= 15 is 0 Å². The van der Waals surface area contributed by atoms with Gasteiger partial charge in [-0.25, -0.2) is 0 Å². The maximum Gasteiger partial charge on any atom is 0.420 e. The van der Waals surface area contributed by atoms with Gasteiger partial charge in [-0.1, -0.05) is 39.0 Å². The number of alkyl halides is 3. The van der Waals surface area contributed by atoms with Gasteiger partial charge in [-0.2, -0.15) is 13.2 Å². The van der Waals surface area contributed by atoms with Crippen molar-refractivity contribution in [2.45, 2.75) is 71.2 Å². The van der Waals surface area contributed by atoms with E-state index in [0.717, 1.165) is 25.7 Å². The van der Waals surface area contributed by atoms with Gasteiger partial charge in [0.1, 0.15) is 11.3 Å². The Morgan fingerprint density at radius 3 is 2.17 bits per heavy atom. The monoisotopic (exact) mass is 423 g/mol. The number of rotatable bonds is 4. The number of fused-ring (bicyclic) bond motifs is 1. The van der Waals surface area contributed by atoms with Gasteiger partial charge in [-0.15, -0.1) is 0 Å². The van der Waals surface area contributed by atoms with Crippen LogP contribution in [0.4, 0.5) is 13.2 Å². The molecule has 0 bridgehead atoms. The lowest BCUT2D eigenvalue weighted by Crippen LogP contribution is -2.36. The smallest absolute Gasteiger partial charge is 0.420 e. The molecule has 0 aliphatic heterocycles. The van der Waals surface area contributed by atoms with Crippen LogP contribution in [0.25, 0.3) is 10.8 Å². The second-order valence-corrected chi connectivity index (χ2v) is 9.91. The van der Waals surface area contributed by atoms with Crippen LogP contribution in [0.15, 0.2) is 30.3 Å². The summed E-state index contributed by atoms with van der Waals surface area (Å²) < 4.78 is 47.9. The van der Waals surface area contributed by atoms with E-state index in [4.69, 9.17) is 10.5 Å². The Labute approximate surface area is 176 Å². The summed E-state index contributed by atoms with van der Waals surface area (Å²) in [6, 6.07) is 7.64. The molecule has 0 amide bonds. The fourth-order valence-electron chi connectivity index (χ4n) is 4.37. The van der Waals surface area contributed by atoms with Crippen LogP contribution >= 0.6 is 0 Å². The zero-order chi connectivity index (χ0) is 22.3. The van der Waals surface area contributed by atoms with Gasteiger partial charge in [-0.3, -0.25) is 0 Å². The van der Waals surface area contributed by atoms with Gasteiger partial charge in [0, 0.05) is 0 Å². The molecule has 3 nitrogen and oxygen atoms in total. The van der Waals surface area contributed by atoms with Gasteiger partial charge in [0.25, 0.3) is 0 Å². The molecule has 0 saturated heterocycles. The van der Waals surface area contributed by atoms with Gasteiger partial charge in [0.2, 0.25) is 0 Å². The first-order valence-corrected chi connectivity index (χ1v) is 10.5. The third-order valence-electron chi connectivity index (χ3n) is 6.45. The first kappa shape index (κ1) is 22.9. The van der Waals surface area contributed by atoms with Crippen LogP contribution in [0.1, 0.15) is 64.5 Å². The summed E-state index contributed by atoms with van der Waals surface area (Å²) in [6.45, 7) is 7.97. The third-order valence-corrected chi connectivity index (χ3v) is 6.45. The lowest BCUT2D eigenvalue weighted by molar-refractivity contribution is -0.138. The first-order chi connectivity index (χ1) is 13.8. The molecule has 166 valence electrons. The number of aliphatic hydroxyl groups is 1. The molecule has 30 heavy (non-hydrogen) atoms. The minimum atomic E-state index is -4.54. The average Bonchev–Trinajstić information content (AvgIpc) is 2.66. The molecule has 0 spiro atoms. The predicted molar refractivity (Wildman–Crippen MR) is 113 cm³/mol. The van der Waals surface area contributed by atoms with Crippen LogP contribution in [-0.4, -0.2) is 17.8 Å². The maximum atomic E-state index is 14.0. The van der Waals surface area contributed by atoms with Crippen LogP contribution in [-0.2, 0) is 11.7 Å². The lowest BCUT2D eigenvalue weighted by Gasteiger charge is -2.37. The van der Waals surface area contributed by atoms with Crippen molar-refractivity contribution in [2.24, 2.45) is 17.1 Å². The van der Waals surface area contributed by atoms with E-state index in [1.54, 1.807) is 25.1 Å². The number of nitrogens with two attached hydrogens (primary N) is 1. The summed E-state index contributed by atoms with van der Waals surface area (Å²) in [7, 11) is 0. The van der Waals surface area contributed by atoms with Crippen molar-refractivity contribution >= 4 is 10.8 Å². The van der Waals surface area contributed by atoms with E-state index in [0.29, 0.717) is 16.9 Å². The van der Waals surface area contributed by atoms with Gasteiger partial charge >= 0.3 is 6.18 Å². The fourth-order valence-corrected chi connectivity index (χ4v) is 4.37. The lowest BCUT2D eigenvalue weighted by atomic mass is 9.72. The summed E-state index contributed by atoms with van der Waals surface area (Å²) >= 11 is 0. The topological polar surface area (TPSA) is 55.5 Å². The van der Waals surface area contributed by atoms with E-state index < -0.39 is 17.3 Å². The van der Waals surface area contributed by atoms with Crippen molar-refractivity contribution in [2.75, 3.05) is 6.61 Å². The highest BCUT2D eigenvalue weighted by Crippen LogP contribution is 2.44. The Kier molecular flexibility index (Phi) is 6.14. The van der Waals surface area contributed by atoms with Crippen LogP contribution in [0.2, 0.25) is 0 Å². The molecule has 1 saturated carbocycles. The maximum absolute atomic E-state index is 14.0. The molecule has 1 fully saturated rings. The van der Waals surface area contributed by atoms with Crippen molar-refractivity contribution in [3.8, 4) is 5.75 Å². The van der Waals surface area contributed by atoms with E-state index in [9.17, 15) is 18.3 Å². The van der Waals surface area contributed by atoms with Crippen molar-refractivity contribution in [3.05, 3.63) is 41.5 Å². The minimum Gasteiger partial charge on any atom is -0.490 e. The van der Waals surface area contributed by atoms with Gasteiger partial charge in [0.05, 0.1) is 18.2 Å². The molecular weight excluding hydrogens is 391 g/mol. The van der Waals surface area contributed by atoms with Gasteiger partial charge < -0.3 is 15.6 Å². The Balaban J connectivity index is 1.93. The molecule has 2 aromatic carbocycles. The first-order valence-electron chi connectivity index (χ1n) is 10.5. The highest BCUT2D eigenvalue weighted by molar-refractivity contribution is 5.89. The van der Waals surface area contributed by atoms with Crippen molar-refractivity contribution in [3.63, 3.8) is 0 Å². The molecule has 1 atom stereocenters. The molecule has 0 aromatic heterocycles. The van der Waals surface area contributed by atoms with E-state index in [1.165, 1.54) is 12.1 Å². The second kappa shape index (κ2) is 8.04. The Morgan fingerprint density at radius 2 is 1.63 bits per heavy atom. The molecule has 6 heteroatoms. The number of aliphatic hydroxyl groups excluding tert-OH is 1. The van der Waals surface area contributed by atoms with Crippen LogP contribution in [0, 0.1) is 11.3 Å². The summed E-state index contributed by atoms with van der Waals surface area (Å²) in [6.07, 6.45) is -1.30. The molecule has 3 rings (SSSR count). The normalized spacial score (nSPS) is 22.7. The molecule has 0 heterocycles. The number of hydrogen-bond donors (Lipinski definition) is 2. The largest absolute Gasteiger partial charge is 0.490 e. The Hall–Kier alpha value is -1.79. The third kappa shape index (κ3) is 4.75. The highest BCUT2D eigenvalue weighted by atomic mass is 19.4. The zero-order valence-electron chi connectivity index (χ0n) is 18.1. The molecular formula is C24H32F3NO2. The van der Waals surface area contributed by atoms with Crippen LogP contribution in [0.5, 0.6) is 5.75 Å². The molecule has 1 unspecified atom stereocenters.